The molecule has 2 rings (SSSR count). The van der Waals surface area contributed by atoms with Crippen LogP contribution in [-0.4, -0.2) is 29.9 Å². The quantitative estimate of drug-likeness (QED) is 0.819. The number of nitrogens with two attached hydrogens (primary N) is 1. The van der Waals surface area contributed by atoms with Crippen LogP contribution in [-0.2, 0) is 4.79 Å². The SMILES string of the molecule is CC1CCC([C@H](N)C(=O)N(C)C2CCC2)CC1. The van der Waals surface area contributed by atoms with Gasteiger partial charge in [-0.05, 0) is 43.9 Å². The second-order valence-electron chi connectivity index (χ2n) is 6.08. The third-order valence-electron chi connectivity index (χ3n) is 4.82. The van der Waals surface area contributed by atoms with Crippen molar-refractivity contribution in [3.63, 3.8) is 0 Å². The summed E-state index contributed by atoms with van der Waals surface area (Å²) in [6, 6.07) is 0.212. The van der Waals surface area contributed by atoms with E-state index >= 15 is 0 Å². The Balaban J connectivity index is 1.85. The lowest BCUT2D eigenvalue weighted by Gasteiger charge is -2.38. The highest BCUT2D eigenvalue weighted by Gasteiger charge is 2.33. The molecule has 0 aromatic rings. The van der Waals surface area contributed by atoms with Crippen molar-refractivity contribution in [2.24, 2.45) is 17.6 Å². The van der Waals surface area contributed by atoms with E-state index in [-0.39, 0.29) is 11.9 Å². The van der Waals surface area contributed by atoms with E-state index in [9.17, 15) is 4.79 Å². The second kappa shape index (κ2) is 5.38. The highest BCUT2D eigenvalue weighted by molar-refractivity contribution is 5.82. The molecule has 2 saturated carbocycles. The van der Waals surface area contributed by atoms with Crippen molar-refractivity contribution in [3.8, 4) is 0 Å². The molecule has 2 aliphatic carbocycles. The zero-order chi connectivity index (χ0) is 12.4. The van der Waals surface area contributed by atoms with Crippen molar-refractivity contribution in [3.05, 3.63) is 0 Å². The van der Waals surface area contributed by atoms with Gasteiger partial charge in [-0.25, -0.2) is 0 Å². The second-order valence-corrected chi connectivity index (χ2v) is 6.08. The maximum atomic E-state index is 12.3. The van der Waals surface area contributed by atoms with Crippen LogP contribution in [0.4, 0.5) is 0 Å². The number of nitrogens with zero attached hydrogens (tertiary/aromatic N) is 1. The molecule has 0 aliphatic heterocycles. The first-order valence-corrected chi connectivity index (χ1v) is 7.12. The van der Waals surface area contributed by atoms with Crippen LogP contribution in [0, 0.1) is 11.8 Å². The molecule has 98 valence electrons. The molecule has 3 nitrogen and oxygen atoms in total. The first-order chi connectivity index (χ1) is 8.09. The van der Waals surface area contributed by atoms with E-state index in [0.717, 1.165) is 31.6 Å². The lowest BCUT2D eigenvalue weighted by atomic mass is 9.79. The van der Waals surface area contributed by atoms with Crippen LogP contribution < -0.4 is 5.73 Å². The molecule has 3 heteroatoms. The van der Waals surface area contributed by atoms with E-state index in [1.807, 2.05) is 11.9 Å². The van der Waals surface area contributed by atoms with Crippen LogP contribution in [0.1, 0.15) is 51.9 Å². The third kappa shape index (κ3) is 2.82. The molecule has 0 aromatic carbocycles. The molecule has 1 amide bonds. The summed E-state index contributed by atoms with van der Waals surface area (Å²) in [5.41, 5.74) is 6.16. The van der Waals surface area contributed by atoms with Gasteiger partial charge in [-0.1, -0.05) is 19.8 Å². The third-order valence-corrected chi connectivity index (χ3v) is 4.82. The Morgan fingerprint density at radius 2 is 1.76 bits per heavy atom. The standard InChI is InChI=1S/C14H26N2O/c1-10-6-8-11(9-7-10)13(15)14(17)16(2)12-4-3-5-12/h10-13H,3-9,15H2,1-2H3/t10?,11?,13-/m0/s1. The number of carbonyl (C=O) groups is 1. The van der Waals surface area contributed by atoms with Crippen LogP contribution in [0.2, 0.25) is 0 Å². The summed E-state index contributed by atoms with van der Waals surface area (Å²) in [4.78, 5) is 14.2. The molecule has 0 spiro atoms. The zero-order valence-electron chi connectivity index (χ0n) is 11.2. The van der Waals surface area contributed by atoms with Gasteiger partial charge in [-0.3, -0.25) is 4.79 Å². The van der Waals surface area contributed by atoms with Crippen molar-refractivity contribution in [2.45, 2.75) is 64.0 Å². The zero-order valence-corrected chi connectivity index (χ0v) is 11.2. The van der Waals surface area contributed by atoms with Crippen molar-refractivity contribution >= 4 is 5.91 Å². The Morgan fingerprint density at radius 1 is 1.18 bits per heavy atom. The Labute approximate surface area is 105 Å². The molecule has 1 atom stereocenters. The summed E-state index contributed by atoms with van der Waals surface area (Å²) >= 11 is 0. The van der Waals surface area contributed by atoms with Gasteiger partial charge in [-0.2, -0.15) is 0 Å². The summed E-state index contributed by atoms with van der Waals surface area (Å²) in [7, 11) is 1.93. The highest BCUT2D eigenvalue weighted by atomic mass is 16.2. The van der Waals surface area contributed by atoms with Gasteiger partial charge in [0, 0.05) is 13.1 Å². The predicted molar refractivity (Wildman–Crippen MR) is 69.5 cm³/mol. The number of amides is 1. The van der Waals surface area contributed by atoms with Gasteiger partial charge in [0.25, 0.3) is 0 Å². The molecular formula is C14H26N2O. The highest BCUT2D eigenvalue weighted by Crippen LogP contribution is 2.31. The maximum absolute atomic E-state index is 12.3. The Hall–Kier alpha value is -0.570. The largest absolute Gasteiger partial charge is 0.341 e. The van der Waals surface area contributed by atoms with E-state index in [4.69, 9.17) is 5.73 Å². The van der Waals surface area contributed by atoms with Crippen LogP contribution in [0.25, 0.3) is 0 Å². The molecule has 2 aliphatic rings. The van der Waals surface area contributed by atoms with Gasteiger partial charge in [0.1, 0.15) is 0 Å². The Kier molecular flexibility index (Phi) is 4.08. The first kappa shape index (κ1) is 12.9. The fourth-order valence-electron chi connectivity index (χ4n) is 3.04. The van der Waals surface area contributed by atoms with Crippen LogP contribution >= 0.6 is 0 Å². The molecule has 0 radical (unpaired) electrons. The van der Waals surface area contributed by atoms with E-state index in [1.165, 1.54) is 19.3 Å². The molecule has 17 heavy (non-hydrogen) atoms. The monoisotopic (exact) mass is 238 g/mol. The van der Waals surface area contributed by atoms with E-state index < -0.39 is 0 Å². The molecule has 0 bridgehead atoms. The summed E-state index contributed by atoms with van der Waals surface area (Å²) in [5, 5.41) is 0. The number of carbonyl (C=O) groups excluding carboxylic acids is 1. The molecule has 2 fully saturated rings. The number of likely N-dealkylation sites (N-methyl/N-ethyl adjacent to an activating group) is 1. The average molecular weight is 238 g/mol. The van der Waals surface area contributed by atoms with E-state index in [2.05, 4.69) is 6.92 Å². The van der Waals surface area contributed by atoms with Crippen LogP contribution in [0.15, 0.2) is 0 Å². The van der Waals surface area contributed by atoms with Gasteiger partial charge in [0.2, 0.25) is 5.91 Å². The minimum Gasteiger partial charge on any atom is -0.341 e. The van der Waals surface area contributed by atoms with Crippen LogP contribution in [0.5, 0.6) is 0 Å². The topological polar surface area (TPSA) is 46.3 Å². The maximum Gasteiger partial charge on any atom is 0.239 e. The Bertz CT molecular complexity index is 267. The van der Waals surface area contributed by atoms with Gasteiger partial charge in [0.15, 0.2) is 0 Å². The van der Waals surface area contributed by atoms with Crippen molar-refractivity contribution in [1.29, 1.82) is 0 Å². The number of rotatable bonds is 3. The normalized spacial score (nSPS) is 31.7. The minimum absolute atomic E-state index is 0.175. The summed E-state index contributed by atoms with van der Waals surface area (Å²) in [6.45, 7) is 2.30. The van der Waals surface area contributed by atoms with E-state index in [0.29, 0.717) is 12.0 Å². The van der Waals surface area contributed by atoms with Gasteiger partial charge >= 0.3 is 0 Å². The fourth-order valence-corrected chi connectivity index (χ4v) is 3.04. The van der Waals surface area contributed by atoms with Gasteiger partial charge in [0.05, 0.1) is 6.04 Å². The predicted octanol–water partition coefficient (Wildman–Crippen LogP) is 2.15. The summed E-state index contributed by atoms with van der Waals surface area (Å²) in [6.07, 6.45) is 8.32. The number of hydrogen-bond donors (Lipinski definition) is 1. The fraction of sp³-hybridized carbons (Fsp3) is 0.929. The molecule has 2 N–H and O–H groups in total. The lowest BCUT2D eigenvalue weighted by Crippen LogP contribution is -2.52. The molecular weight excluding hydrogens is 212 g/mol. The molecule has 0 aromatic heterocycles. The smallest absolute Gasteiger partial charge is 0.239 e. The first-order valence-electron chi connectivity index (χ1n) is 7.12. The van der Waals surface area contributed by atoms with Crippen molar-refractivity contribution in [1.82, 2.24) is 4.90 Å². The molecule has 0 unspecified atom stereocenters. The van der Waals surface area contributed by atoms with Gasteiger partial charge in [-0.15, -0.1) is 0 Å². The lowest BCUT2D eigenvalue weighted by molar-refractivity contribution is -0.136. The Morgan fingerprint density at radius 3 is 2.24 bits per heavy atom. The van der Waals surface area contributed by atoms with Crippen LogP contribution in [0.3, 0.4) is 0 Å². The minimum atomic E-state index is -0.256. The van der Waals surface area contributed by atoms with E-state index in [1.54, 1.807) is 0 Å². The summed E-state index contributed by atoms with van der Waals surface area (Å²) < 4.78 is 0. The van der Waals surface area contributed by atoms with Crippen molar-refractivity contribution < 1.29 is 4.79 Å². The summed E-state index contributed by atoms with van der Waals surface area (Å²) in [5.74, 6) is 1.41. The molecule has 0 heterocycles. The molecule has 0 saturated heterocycles. The van der Waals surface area contributed by atoms with Gasteiger partial charge < -0.3 is 10.6 Å². The van der Waals surface area contributed by atoms with Crippen molar-refractivity contribution in [2.75, 3.05) is 7.05 Å². The number of hydrogen-bond acceptors (Lipinski definition) is 2. The average Bonchev–Trinajstić information content (AvgIpc) is 2.25.